The first-order chi connectivity index (χ1) is 15.4. The van der Waals surface area contributed by atoms with Gasteiger partial charge < -0.3 is 10.6 Å². The third kappa shape index (κ3) is 3.13. The lowest BCUT2D eigenvalue weighted by molar-refractivity contribution is -0.132. The first kappa shape index (κ1) is 20.2. The topological polar surface area (TPSA) is 85.7 Å². The molecule has 0 aliphatic carbocycles. The predicted molar refractivity (Wildman–Crippen MR) is 123 cm³/mol. The number of carbonyl (C=O) groups is 1. The molecular formula is C24H20FN5OS. The number of carbonyl (C=O) groups excluding carboxylic acids is 1. The van der Waals surface area contributed by atoms with Crippen molar-refractivity contribution in [2.24, 2.45) is 16.6 Å². The molecular weight excluding hydrogens is 425 g/mol. The van der Waals surface area contributed by atoms with Crippen LogP contribution in [-0.4, -0.2) is 36.9 Å². The summed E-state index contributed by atoms with van der Waals surface area (Å²) in [5, 5.41) is 11.2. The molecule has 2 N–H and O–H groups in total. The first-order valence-corrected chi connectivity index (χ1v) is 11.0. The third-order valence-electron chi connectivity index (χ3n) is 6.24. The third-order valence-corrected chi connectivity index (χ3v) is 7.34. The number of aliphatic imine (C=N–C) groups is 1. The summed E-state index contributed by atoms with van der Waals surface area (Å²) in [6.45, 7) is 0.921. The van der Waals surface area contributed by atoms with Gasteiger partial charge in [0.15, 0.2) is 5.96 Å². The maximum absolute atomic E-state index is 13.5. The van der Waals surface area contributed by atoms with E-state index in [4.69, 9.17) is 10.7 Å². The smallest absolute Gasteiger partial charge is 0.236 e. The number of anilines is 1. The van der Waals surface area contributed by atoms with E-state index in [1.54, 1.807) is 25.2 Å². The number of nitrogens with two attached hydrogens (primary N) is 1. The highest BCUT2D eigenvalue weighted by Crippen LogP contribution is 2.48. The van der Waals surface area contributed by atoms with Crippen LogP contribution in [0.2, 0.25) is 0 Å². The molecule has 3 aromatic rings. The minimum atomic E-state index is -0.822. The summed E-state index contributed by atoms with van der Waals surface area (Å²) in [6, 6.07) is 17.9. The molecule has 0 radical (unpaired) electrons. The molecule has 1 aromatic heterocycles. The van der Waals surface area contributed by atoms with Gasteiger partial charge in [0.1, 0.15) is 11.4 Å². The van der Waals surface area contributed by atoms with E-state index < -0.39 is 11.5 Å². The number of fused-ring (bicyclic) bond motifs is 1. The molecule has 32 heavy (non-hydrogen) atoms. The van der Waals surface area contributed by atoms with Crippen LogP contribution in [-0.2, 0) is 10.3 Å². The van der Waals surface area contributed by atoms with E-state index in [1.807, 2.05) is 29.6 Å². The molecule has 6 nitrogen and oxygen atoms in total. The number of rotatable bonds is 3. The van der Waals surface area contributed by atoms with Gasteiger partial charge in [-0.05, 0) is 59.0 Å². The normalized spacial score (nSPS) is 22.5. The van der Waals surface area contributed by atoms with Gasteiger partial charge in [0.25, 0.3) is 0 Å². The van der Waals surface area contributed by atoms with E-state index in [0.717, 1.165) is 21.7 Å². The Labute approximate surface area is 189 Å². The highest BCUT2D eigenvalue weighted by atomic mass is 32.1. The average Bonchev–Trinajstić information content (AvgIpc) is 3.45. The fourth-order valence-corrected chi connectivity index (χ4v) is 5.60. The summed E-state index contributed by atoms with van der Waals surface area (Å²) in [4.78, 5) is 22.5. The number of nitrogens with zero attached hydrogens (tertiary/aromatic N) is 4. The lowest BCUT2D eigenvalue weighted by Gasteiger charge is -2.36. The lowest BCUT2D eigenvalue weighted by atomic mass is 9.83. The lowest BCUT2D eigenvalue weighted by Crippen LogP contribution is -2.54. The predicted octanol–water partition coefficient (Wildman–Crippen LogP) is 3.54. The molecule has 8 heteroatoms. The Kier molecular flexibility index (Phi) is 4.72. The fourth-order valence-electron chi connectivity index (χ4n) is 4.50. The second kappa shape index (κ2) is 7.46. The van der Waals surface area contributed by atoms with Crippen molar-refractivity contribution in [3.8, 4) is 17.2 Å². The van der Waals surface area contributed by atoms with Crippen LogP contribution < -0.4 is 10.6 Å². The number of guanidine groups is 1. The van der Waals surface area contributed by atoms with Crippen LogP contribution in [0.3, 0.4) is 0 Å². The highest BCUT2D eigenvalue weighted by molar-refractivity contribution is 7.10. The molecule has 2 aliphatic heterocycles. The quantitative estimate of drug-likeness (QED) is 0.668. The first-order valence-electron chi connectivity index (χ1n) is 10.1. The summed E-state index contributed by atoms with van der Waals surface area (Å²) in [6.07, 6.45) is 0. The van der Waals surface area contributed by atoms with Crippen molar-refractivity contribution < 1.29 is 9.18 Å². The summed E-state index contributed by atoms with van der Waals surface area (Å²) in [7, 11) is 1.64. The Morgan fingerprint density at radius 1 is 1.22 bits per heavy atom. The number of thiophene rings is 1. The molecule has 0 saturated carbocycles. The molecule has 5 rings (SSSR count). The van der Waals surface area contributed by atoms with Crippen LogP contribution in [0.5, 0.6) is 0 Å². The largest absolute Gasteiger partial charge is 0.369 e. The van der Waals surface area contributed by atoms with Gasteiger partial charge in [-0.1, -0.05) is 12.1 Å². The number of amides is 1. The van der Waals surface area contributed by atoms with Crippen molar-refractivity contribution in [3.63, 3.8) is 0 Å². The number of halogens is 1. The molecule has 2 aromatic carbocycles. The molecule has 2 aliphatic rings. The zero-order valence-electron chi connectivity index (χ0n) is 17.3. The number of nitriles is 1. The Bertz CT molecular complexity index is 1280. The van der Waals surface area contributed by atoms with Crippen molar-refractivity contribution in [1.82, 2.24) is 4.90 Å². The minimum Gasteiger partial charge on any atom is -0.369 e. The summed E-state index contributed by atoms with van der Waals surface area (Å²) < 4.78 is 13.5. The van der Waals surface area contributed by atoms with E-state index in [0.29, 0.717) is 18.7 Å². The molecule has 1 amide bonds. The van der Waals surface area contributed by atoms with Crippen LogP contribution in [0.4, 0.5) is 10.1 Å². The van der Waals surface area contributed by atoms with E-state index in [9.17, 15) is 14.4 Å². The molecule has 0 unspecified atom stereocenters. The van der Waals surface area contributed by atoms with Gasteiger partial charge in [-0.15, -0.1) is 11.3 Å². The van der Waals surface area contributed by atoms with Gasteiger partial charge in [-0.3, -0.25) is 9.69 Å². The van der Waals surface area contributed by atoms with Gasteiger partial charge in [-0.2, -0.15) is 5.26 Å². The molecule has 1 fully saturated rings. The SMILES string of the molecule is CN1C(=O)[C@@H]2CN(c3ccc(F)cc3)C[C@]2(c2cc(-c3cccc(C#N)c3)cs2)N=C1N. The van der Waals surface area contributed by atoms with E-state index in [2.05, 4.69) is 11.0 Å². The molecule has 0 bridgehead atoms. The van der Waals surface area contributed by atoms with Crippen LogP contribution in [0.25, 0.3) is 11.1 Å². The van der Waals surface area contributed by atoms with Crippen LogP contribution in [0.15, 0.2) is 65.0 Å². The molecule has 2 atom stereocenters. The van der Waals surface area contributed by atoms with E-state index >= 15 is 0 Å². The minimum absolute atomic E-state index is 0.0801. The van der Waals surface area contributed by atoms with E-state index in [1.165, 1.54) is 28.4 Å². The summed E-state index contributed by atoms with van der Waals surface area (Å²) in [5.74, 6) is -0.611. The van der Waals surface area contributed by atoms with Crippen molar-refractivity contribution in [1.29, 1.82) is 5.26 Å². The van der Waals surface area contributed by atoms with Gasteiger partial charge >= 0.3 is 0 Å². The fraction of sp³-hybridized carbons (Fsp3) is 0.208. The number of benzene rings is 2. The molecule has 1 saturated heterocycles. The van der Waals surface area contributed by atoms with E-state index in [-0.39, 0.29) is 17.7 Å². The van der Waals surface area contributed by atoms with Gasteiger partial charge in [0.05, 0.1) is 17.6 Å². The summed E-state index contributed by atoms with van der Waals surface area (Å²) >= 11 is 1.53. The number of hydrogen-bond donors (Lipinski definition) is 1. The van der Waals surface area contributed by atoms with Crippen molar-refractivity contribution in [3.05, 3.63) is 76.2 Å². The average molecular weight is 446 g/mol. The molecule has 0 spiro atoms. The Hall–Kier alpha value is -3.70. The maximum Gasteiger partial charge on any atom is 0.236 e. The van der Waals surface area contributed by atoms with Crippen LogP contribution >= 0.6 is 11.3 Å². The standard InChI is InChI=1S/C24H20FN5OS/c1-29-22(31)20-12-30(19-7-5-18(25)6-8-19)14-24(20,28-23(29)27)21-10-17(13-32-21)16-4-2-3-15(9-16)11-26/h2-10,13,20H,12,14H2,1H3,(H2,27,28)/t20-,24-/m0/s1. The Balaban J connectivity index is 1.59. The monoisotopic (exact) mass is 445 g/mol. The second-order valence-electron chi connectivity index (χ2n) is 8.09. The van der Waals surface area contributed by atoms with Crippen LogP contribution in [0, 0.1) is 23.1 Å². The van der Waals surface area contributed by atoms with Gasteiger partial charge in [0, 0.05) is 30.7 Å². The Morgan fingerprint density at radius 2 is 2.00 bits per heavy atom. The van der Waals surface area contributed by atoms with Gasteiger partial charge in [0.2, 0.25) is 5.91 Å². The maximum atomic E-state index is 13.5. The zero-order valence-corrected chi connectivity index (χ0v) is 18.1. The van der Waals surface area contributed by atoms with Gasteiger partial charge in [-0.25, -0.2) is 9.38 Å². The highest BCUT2D eigenvalue weighted by Gasteiger charge is 2.56. The Morgan fingerprint density at radius 3 is 2.75 bits per heavy atom. The molecule has 3 heterocycles. The number of hydrogen-bond acceptors (Lipinski definition) is 6. The zero-order chi connectivity index (χ0) is 22.5. The van der Waals surface area contributed by atoms with Crippen molar-refractivity contribution in [2.75, 3.05) is 25.0 Å². The van der Waals surface area contributed by atoms with Crippen molar-refractivity contribution in [2.45, 2.75) is 5.54 Å². The summed E-state index contributed by atoms with van der Waals surface area (Å²) in [5.41, 5.74) is 8.67. The van der Waals surface area contributed by atoms with Crippen molar-refractivity contribution >= 4 is 28.9 Å². The second-order valence-corrected chi connectivity index (χ2v) is 9.00. The van der Waals surface area contributed by atoms with Crippen LogP contribution in [0.1, 0.15) is 10.4 Å². The molecule has 160 valence electrons.